The summed E-state index contributed by atoms with van der Waals surface area (Å²) in [5, 5.41) is 6.96. The SMILES string of the molecule is c1cc(-c2ccc3ccccc3c2)cc(N(c2ccc(-c3ccc4c(c3)oc3ccccc34)cc2)c2ccccc2-c2cccc3oc4ccccc4c23)c1. The minimum Gasteiger partial charge on any atom is -0.456 e. The van der Waals surface area contributed by atoms with Crippen molar-refractivity contribution in [3.8, 4) is 33.4 Å². The zero-order valence-electron chi connectivity index (χ0n) is 29.8. The van der Waals surface area contributed by atoms with E-state index in [1.165, 1.54) is 16.3 Å². The predicted octanol–water partition coefficient (Wildman–Crippen LogP) is 15.1. The summed E-state index contributed by atoms with van der Waals surface area (Å²) >= 11 is 0. The number of hydrogen-bond donors (Lipinski definition) is 0. The molecule has 0 saturated heterocycles. The molecule has 3 nitrogen and oxygen atoms in total. The lowest BCUT2D eigenvalue weighted by Crippen LogP contribution is -2.11. The van der Waals surface area contributed by atoms with E-state index >= 15 is 0 Å². The Labute approximate surface area is 317 Å². The molecule has 2 aromatic heterocycles. The standard InChI is InChI=1S/C52H33NO2/c1-2-12-36-31-38(24-23-34(36)11-1)37-13-9-14-41(32-37)53(40-28-25-35(26-29-40)39-27-30-44-43-16-4-7-20-48(43)55-51(44)33-39)47-19-6-3-15-42(47)45-18-10-22-50-52(45)46-17-5-8-21-49(46)54-50/h1-33H. The quantitative estimate of drug-likeness (QED) is 0.173. The molecule has 258 valence electrons. The second kappa shape index (κ2) is 12.6. The van der Waals surface area contributed by atoms with Crippen LogP contribution in [0.5, 0.6) is 0 Å². The highest BCUT2D eigenvalue weighted by Gasteiger charge is 2.21. The fourth-order valence-corrected chi connectivity index (χ4v) is 8.22. The van der Waals surface area contributed by atoms with E-state index in [0.717, 1.165) is 88.8 Å². The Balaban J connectivity index is 1.08. The highest BCUT2D eigenvalue weighted by atomic mass is 16.3. The maximum Gasteiger partial charge on any atom is 0.136 e. The molecule has 0 spiro atoms. The minimum atomic E-state index is 0.879. The van der Waals surface area contributed by atoms with Gasteiger partial charge in [0.15, 0.2) is 0 Å². The summed E-state index contributed by atoms with van der Waals surface area (Å²) in [6, 6.07) is 71.1. The summed E-state index contributed by atoms with van der Waals surface area (Å²) in [4.78, 5) is 2.38. The van der Waals surface area contributed by atoms with Crippen molar-refractivity contribution in [2.24, 2.45) is 0 Å². The zero-order chi connectivity index (χ0) is 36.3. The topological polar surface area (TPSA) is 29.5 Å². The number of anilines is 3. The summed E-state index contributed by atoms with van der Waals surface area (Å²) < 4.78 is 12.6. The van der Waals surface area contributed by atoms with E-state index in [1.807, 2.05) is 24.3 Å². The van der Waals surface area contributed by atoms with E-state index in [2.05, 4.69) is 181 Å². The van der Waals surface area contributed by atoms with Crippen molar-refractivity contribution in [2.45, 2.75) is 0 Å². The highest BCUT2D eigenvalue weighted by molar-refractivity contribution is 6.14. The Hall–Kier alpha value is -7.36. The fraction of sp³-hybridized carbons (Fsp3) is 0. The van der Waals surface area contributed by atoms with Crippen LogP contribution >= 0.6 is 0 Å². The largest absolute Gasteiger partial charge is 0.456 e. The van der Waals surface area contributed by atoms with Crippen LogP contribution in [0.2, 0.25) is 0 Å². The van der Waals surface area contributed by atoms with E-state index in [9.17, 15) is 0 Å². The van der Waals surface area contributed by atoms with Crippen molar-refractivity contribution in [1.82, 2.24) is 0 Å². The molecule has 0 atom stereocenters. The lowest BCUT2D eigenvalue weighted by atomic mass is 9.96. The monoisotopic (exact) mass is 703 g/mol. The summed E-state index contributed by atoms with van der Waals surface area (Å²) in [6.45, 7) is 0. The molecule has 2 heterocycles. The number of benzene rings is 9. The summed E-state index contributed by atoms with van der Waals surface area (Å²) in [5.74, 6) is 0. The van der Waals surface area contributed by atoms with Crippen LogP contribution in [0.25, 0.3) is 88.0 Å². The molecule has 0 aliphatic heterocycles. The molecular formula is C52H33NO2. The molecule has 0 aliphatic rings. The number of furan rings is 2. The number of rotatable bonds is 6. The van der Waals surface area contributed by atoms with Crippen molar-refractivity contribution < 1.29 is 8.83 Å². The van der Waals surface area contributed by atoms with Crippen molar-refractivity contribution in [1.29, 1.82) is 0 Å². The Kier molecular flexibility index (Phi) is 7.17. The van der Waals surface area contributed by atoms with Gasteiger partial charge >= 0.3 is 0 Å². The number of hydrogen-bond acceptors (Lipinski definition) is 3. The van der Waals surface area contributed by atoms with Gasteiger partial charge in [-0.2, -0.15) is 0 Å². The van der Waals surface area contributed by atoms with Crippen molar-refractivity contribution in [3.05, 3.63) is 200 Å². The fourth-order valence-electron chi connectivity index (χ4n) is 8.22. The molecule has 9 aromatic carbocycles. The Morgan fingerprint density at radius 3 is 1.80 bits per heavy atom. The number of nitrogens with zero attached hydrogens (tertiary/aromatic N) is 1. The van der Waals surface area contributed by atoms with Crippen molar-refractivity contribution >= 4 is 71.7 Å². The molecule has 11 rings (SSSR count). The first kappa shape index (κ1) is 31.2. The van der Waals surface area contributed by atoms with Crippen LogP contribution < -0.4 is 4.90 Å². The smallest absolute Gasteiger partial charge is 0.136 e. The van der Waals surface area contributed by atoms with Gasteiger partial charge in [-0.3, -0.25) is 0 Å². The number of para-hydroxylation sites is 3. The van der Waals surface area contributed by atoms with E-state index in [0.29, 0.717) is 0 Å². The van der Waals surface area contributed by atoms with Gasteiger partial charge in [-0.25, -0.2) is 0 Å². The van der Waals surface area contributed by atoms with Crippen LogP contribution in [0.3, 0.4) is 0 Å². The van der Waals surface area contributed by atoms with Crippen LogP contribution in [0, 0.1) is 0 Å². The molecule has 0 radical (unpaired) electrons. The normalized spacial score (nSPS) is 11.6. The second-order valence-corrected chi connectivity index (χ2v) is 14.1. The number of fused-ring (bicyclic) bond motifs is 7. The van der Waals surface area contributed by atoms with E-state index in [4.69, 9.17) is 8.83 Å². The average Bonchev–Trinajstić information content (AvgIpc) is 3.82. The summed E-state index contributed by atoms with van der Waals surface area (Å²) in [5.41, 5.74) is 13.6. The first-order valence-electron chi connectivity index (χ1n) is 18.7. The van der Waals surface area contributed by atoms with Crippen LogP contribution in [0.15, 0.2) is 209 Å². The molecule has 0 saturated carbocycles. The first-order chi connectivity index (χ1) is 27.2. The summed E-state index contributed by atoms with van der Waals surface area (Å²) in [7, 11) is 0. The van der Waals surface area contributed by atoms with Crippen LogP contribution in [0.1, 0.15) is 0 Å². The lowest BCUT2D eigenvalue weighted by Gasteiger charge is -2.28. The lowest BCUT2D eigenvalue weighted by molar-refractivity contribution is 0.668. The van der Waals surface area contributed by atoms with Gasteiger partial charge in [0.1, 0.15) is 22.3 Å². The summed E-state index contributed by atoms with van der Waals surface area (Å²) in [6.07, 6.45) is 0. The molecule has 0 aliphatic carbocycles. The van der Waals surface area contributed by atoms with Gasteiger partial charge in [-0.05, 0) is 105 Å². The van der Waals surface area contributed by atoms with Gasteiger partial charge < -0.3 is 13.7 Å². The average molecular weight is 704 g/mol. The van der Waals surface area contributed by atoms with E-state index < -0.39 is 0 Å². The van der Waals surface area contributed by atoms with Gasteiger partial charge in [0, 0.05) is 38.5 Å². The third-order valence-electron chi connectivity index (χ3n) is 10.9. The molecule has 0 fully saturated rings. The van der Waals surface area contributed by atoms with Crippen LogP contribution in [-0.4, -0.2) is 0 Å². The van der Waals surface area contributed by atoms with Crippen molar-refractivity contribution in [3.63, 3.8) is 0 Å². The van der Waals surface area contributed by atoms with Crippen LogP contribution in [0.4, 0.5) is 17.1 Å². The molecule has 3 heteroatoms. The Bertz CT molecular complexity index is 3220. The third kappa shape index (κ3) is 5.28. The van der Waals surface area contributed by atoms with E-state index in [-0.39, 0.29) is 0 Å². The van der Waals surface area contributed by atoms with Gasteiger partial charge in [-0.15, -0.1) is 0 Å². The van der Waals surface area contributed by atoms with Gasteiger partial charge in [0.05, 0.1) is 5.69 Å². The minimum absolute atomic E-state index is 0.879. The molecule has 11 aromatic rings. The maximum absolute atomic E-state index is 6.36. The molecule has 0 unspecified atom stereocenters. The zero-order valence-corrected chi connectivity index (χ0v) is 29.8. The maximum atomic E-state index is 6.36. The van der Waals surface area contributed by atoms with E-state index in [1.54, 1.807) is 0 Å². The molecule has 0 bridgehead atoms. The predicted molar refractivity (Wildman–Crippen MR) is 229 cm³/mol. The van der Waals surface area contributed by atoms with Gasteiger partial charge in [0.25, 0.3) is 0 Å². The van der Waals surface area contributed by atoms with Crippen LogP contribution in [-0.2, 0) is 0 Å². The first-order valence-corrected chi connectivity index (χ1v) is 18.7. The molecule has 0 N–H and O–H groups in total. The molecular weight excluding hydrogens is 671 g/mol. The second-order valence-electron chi connectivity index (χ2n) is 14.1. The Morgan fingerprint density at radius 2 is 0.909 bits per heavy atom. The third-order valence-corrected chi connectivity index (χ3v) is 10.9. The molecule has 0 amide bonds. The van der Waals surface area contributed by atoms with Crippen molar-refractivity contribution in [2.75, 3.05) is 4.90 Å². The van der Waals surface area contributed by atoms with Gasteiger partial charge in [-0.1, -0.05) is 133 Å². The highest BCUT2D eigenvalue weighted by Crippen LogP contribution is 2.45. The van der Waals surface area contributed by atoms with Gasteiger partial charge in [0.2, 0.25) is 0 Å². The Morgan fingerprint density at radius 1 is 0.309 bits per heavy atom. The molecule has 55 heavy (non-hydrogen) atoms.